The van der Waals surface area contributed by atoms with Gasteiger partial charge in [0.15, 0.2) is 0 Å². The number of hydrogen-bond donors (Lipinski definition) is 1. The zero-order valence-corrected chi connectivity index (χ0v) is 16.2. The molecule has 0 bridgehead atoms. The summed E-state index contributed by atoms with van der Waals surface area (Å²) < 4.78 is 1.80. The molecule has 1 aliphatic heterocycles. The molecule has 3 rings (SSSR count). The maximum atomic E-state index is 12.2. The summed E-state index contributed by atoms with van der Waals surface area (Å²) in [6.07, 6.45) is 2.47. The summed E-state index contributed by atoms with van der Waals surface area (Å²) in [5, 5.41) is 7.48. The lowest BCUT2D eigenvalue weighted by atomic mass is 9.91. The van der Waals surface area contributed by atoms with Crippen molar-refractivity contribution in [3.8, 4) is 0 Å². The number of nitrogens with zero attached hydrogens (tertiary/aromatic N) is 3. The van der Waals surface area contributed by atoms with Gasteiger partial charge in [0.05, 0.1) is 5.69 Å². The van der Waals surface area contributed by atoms with E-state index in [4.69, 9.17) is 0 Å². The minimum atomic E-state index is 0.0345. The fourth-order valence-corrected chi connectivity index (χ4v) is 3.74. The molecule has 0 aliphatic carbocycles. The van der Waals surface area contributed by atoms with Crippen LogP contribution in [0.3, 0.4) is 0 Å². The second kappa shape index (κ2) is 8.49. The summed E-state index contributed by atoms with van der Waals surface area (Å²) in [6.45, 7) is 10.1. The van der Waals surface area contributed by atoms with Gasteiger partial charge < -0.3 is 10.2 Å². The van der Waals surface area contributed by atoms with Crippen LogP contribution in [0.25, 0.3) is 0 Å². The fourth-order valence-electron chi connectivity index (χ4n) is 3.74. The molecule has 1 fully saturated rings. The van der Waals surface area contributed by atoms with Gasteiger partial charge in [-0.1, -0.05) is 30.3 Å². The van der Waals surface area contributed by atoms with Crippen molar-refractivity contribution < 1.29 is 4.79 Å². The second-order valence-electron chi connectivity index (χ2n) is 7.35. The summed E-state index contributed by atoms with van der Waals surface area (Å²) in [5.74, 6) is 0.644. The lowest BCUT2D eigenvalue weighted by Crippen LogP contribution is -2.40. The van der Waals surface area contributed by atoms with E-state index < -0.39 is 0 Å². The zero-order chi connectivity index (χ0) is 18.5. The number of carbonyl (C=O) groups is 1. The maximum absolute atomic E-state index is 12.2. The van der Waals surface area contributed by atoms with Crippen molar-refractivity contribution in [2.45, 2.75) is 46.1 Å². The van der Waals surface area contributed by atoms with E-state index in [-0.39, 0.29) is 5.91 Å². The molecule has 1 aromatic heterocycles. The largest absolute Gasteiger partial charge is 0.353 e. The van der Waals surface area contributed by atoms with E-state index in [2.05, 4.69) is 45.6 Å². The van der Waals surface area contributed by atoms with Gasteiger partial charge in [0.1, 0.15) is 6.54 Å². The fraction of sp³-hybridized carbons (Fsp3) is 0.524. The molecule has 1 aliphatic rings. The Labute approximate surface area is 156 Å². The van der Waals surface area contributed by atoms with Gasteiger partial charge in [-0.3, -0.25) is 9.48 Å². The Balaban J connectivity index is 1.44. The Morgan fingerprint density at radius 2 is 2.00 bits per heavy atom. The molecule has 1 N–H and O–H groups in total. The first-order valence-electron chi connectivity index (χ1n) is 9.59. The van der Waals surface area contributed by atoms with Crippen LogP contribution in [0.5, 0.6) is 0 Å². The van der Waals surface area contributed by atoms with E-state index in [1.807, 2.05) is 20.8 Å². The molecule has 0 spiro atoms. The number of rotatable bonds is 6. The van der Waals surface area contributed by atoms with Crippen molar-refractivity contribution in [2.24, 2.45) is 0 Å². The first-order valence-corrected chi connectivity index (χ1v) is 9.59. The third kappa shape index (κ3) is 4.52. The molecule has 26 heavy (non-hydrogen) atoms. The standard InChI is InChI=1S/C21H30N4O/c1-16-17(2)23-25(18(16)3)15-21(26)22-11-13-24-12-7-10-20(14-24)19-8-5-4-6-9-19/h4-6,8-9,20H,7,10-15H2,1-3H3,(H,22,26). The van der Waals surface area contributed by atoms with E-state index in [0.29, 0.717) is 19.0 Å². The normalized spacial score (nSPS) is 18.0. The molecule has 140 valence electrons. The molecule has 1 saturated heterocycles. The molecule has 1 amide bonds. The zero-order valence-electron chi connectivity index (χ0n) is 16.2. The van der Waals surface area contributed by atoms with Crippen LogP contribution in [0.2, 0.25) is 0 Å². The van der Waals surface area contributed by atoms with Crippen molar-refractivity contribution in [3.05, 3.63) is 52.8 Å². The van der Waals surface area contributed by atoms with E-state index in [1.165, 1.54) is 18.4 Å². The van der Waals surface area contributed by atoms with Gasteiger partial charge >= 0.3 is 0 Å². The molecule has 0 saturated carbocycles. The summed E-state index contributed by atoms with van der Waals surface area (Å²) in [5.41, 5.74) is 4.66. The van der Waals surface area contributed by atoms with Gasteiger partial charge in [-0.2, -0.15) is 5.10 Å². The molecule has 5 nitrogen and oxygen atoms in total. The summed E-state index contributed by atoms with van der Waals surface area (Å²) in [4.78, 5) is 14.7. The third-order valence-electron chi connectivity index (χ3n) is 5.56. The van der Waals surface area contributed by atoms with Crippen LogP contribution in [0.15, 0.2) is 30.3 Å². The lowest BCUT2D eigenvalue weighted by Gasteiger charge is -2.33. The summed E-state index contributed by atoms with van der Waals surface area (Å²) in [6, 6.07) is 10.8. The van der Waals surface area contributed by atoms with Crippen molar-refractivity contribution in [3.63, 3.8) is 0 Å². The number of nitrogens with one attached hydrogen (secondary N) is 1. The highest BCUT2D eigenvalue weighted by atomic mass is 16.2. The van der Waals surface area contributed by atoms with Crippen molar-refractivity contribution in [1.82, 2.24) is 20.0 Å². The summed E-state index contributed by atoms with van der Waals surface area (Å²) >= 11 is 0. The number of piperidine rings is 1. The van der Waals surface area contributed by atoms with E-state index in [9.17, 15) is 4.79 Å². The monoisotopic (exact) mass is 354 g/mol. The van der Waals surface area contributed by atoms with Crippen LogP contribution in [-0.2, 0) is 11.3 Å². The van der Waals surface area contributed by atoms with E-state index in [1.54, 1.807) is 4.68 Å². The van der Waals surface area contributed by atoms with Crippen LogP contribution >= 0.6 is 0 Å². The van der Waals surface area contributed by atoms with Gasteiger partial charge in [0, 0.05) is 25.3 Å². The molecule has 2 heterocycles. The van der Waals surface area contributed by atoms with Crippen LogP contribution < -0.4 is 5.32 Å². The number of carbonyl (C=O) groups excluding carboxylic acids is 1. The highest BCUT2D eigenvalue weighted by Crippen LogP contribution is 2.26. The highest BCUT2D eigenvalue weighted by Gasteiger charge is 2.21. The Morgan fingerprint density at radius 1 is 1.23 bits per heavy atom. The number of hydrogen-bond acceptors (Lipinski definition) is 3. The molecule has 5 heteroatoms. The van der Waals surface area contributed by atoms with Crippen LogP contribution in [0.1, 0.15) is 41.3 Å². The Kier molecular flexibility index (Phi) is 6.09. The van der Waals surface area contributed by atoms with Gasteiger partial charge in [-0.25, -0.2) is 0 Å². The number of aryl methyl sites for hydroxylation is 1. The predicted molar refractivity (Wildman–Crippen MR) is 104 cm³/mol. The van der Waals surface area contributed by atoms with Crippen molar-refractivity contribution in [1.29, 1.82) is 0 Å². The van der Waals surface area contributed by atoms with Crippen molar-refractivity contribution in [2.75, 3.05) is 26.2 Å². The molecule has 1 unspecified atom stereocenters. The van der Waals surface area contributed by atoms with Gasteiger partial charge in [-0.15, -0.1) is 0 Å². The SMILES string of the molecule is Cc1nn(CC(=O)NCCN2CCCC(c3ccccc3)C2)c(C)c1C. The Morgan fingerprint density at radius 3 is 2.69 bits per heavy atom. The van der Waals surface area contributed by atoms with Gasteiger partial charge in [-0.05, 0) is 57.2 Å². The number of likely N-dealkylation sites (tertiary alicyclic amines) is 1. The Bertz CT molecular complexity index is 738. The van der Waals surface area contributed by atoms with Crippen molar-refractivity contribution >= 4 is 5.91 Å². The molecular formula is C21H30N4O. The quantitative estimate of drug-likeness (QED) is 0.868. The average molecular weight is 354 g/mol. The average Bonchev–Trinajstić information content (AvgIpc) is 2.89. The van der Waals surface area contributed by atoms with Gasteiger partial charge in [0.25, 0.3) is 0 Å². The van der Waals surface area contributed by atoms with E-state index in [0.717, 1.165) is 36.6 Å². The number of benzene rings is 1. The smallest absolute Gasteiger partial charge is 0.241 e. The maximum Gasteiger partial charge on any atom is 0.241 e. The molecule has 0 radical (unpaired) electrons. The third-order valence-corrected chi connectivity index (χ3v) is 5.56. The Hall–Kier alpha value is -2.14. The molecular weight excluding hydrogens is 324 g/mol. The van der Waals surface area contributed by atoms with Gasteiger partial charge in [0.2, 0.25) is 5.91 Å². The predicted octanol–water partition coefficient (Wildman–Crippen LogP) is 2.80. The minimum absolute atomic E-state index is 0.0345. The highest BCUT2D eigenvalue weighted by molar-refractivity contribution is 5.75. The first kappa shape index (κ1) is 18.6. The lowest BCUT2D eigenvalue weighted by molar-refractivity contribution is -0.121. The van der Waals surface area contributed by atoms with Crippen LogP contribution in [-0.4, -0.2) is 46.8 Å². The molecule has 1 aromatic carbocycles. The first-order chi connectivity index (χ1) is 12.5. The van der Waals surface area contributed by atoms with E-state index >= 15 is 0 Å². The molecule has 1 atom stereocenters. The van der Waals surface area contributed by atoms with Crippen LogP contribution in [0.4, 0.5) is 0 Å². The number of amides is 1. The second-order valence-corrected chi connectivity index (χ2v) is 7.35. The number of aromatic nitrogens is 2. The molecule has 2 aromatic rings. The van der Waals surface area contributed by atoms with Crippen LogP contribution in [0, 0.1) is 20.8 Å². The topological polar surface area (TPSA) is 50.2 Å². The summed E-state index contributed by atoms with van der Waals surface area (Å²) in [7, 11) is 0. The minimum Gasteiger partial charge on any atom is -0.353 e.